The number of rotatable bonds is 4. The summed E-state index contributed by atoms with van der Waals surface area (Å²) < 4.78 is 0. The van der Waals surface area contributed by atoms with Crippen LogP contribution in [0.5, 0.6) is 0 Å². The molecule has 0 N–H and O–H groups in total. The lowest BCUT2D eigenvalue weighted by Gasteiger charge is -2.25. The highest BCUT2D eigenvalue weighted by Crippen LogP contribution is 2.33. The number of hydrogen-bond acceptors (Lipinski definition) is 0. The average molecular weight is 232 g/mol. The monoisotopic (exact) mass is 232 g/mol. The molecule has 1 aromatic rings. The summed E-state index contributed by atoms with van der Waals surface area (Å²) in [6, 6.07) is 9.25. The third-order valence-corrected chi connectivity index (χ3v) is 3.43. The van der Waals surface area contributed by atoms with E-state index in [0.717, 1.165) is 0 Å². The molecule has 0 amide bonds. The van der Waals surface area contributed by atoms with Gasteiger partial charge in [0.1, 0.15) is 0 Å². The second-order valence-corrected chi connectivity index (χ2v) is 6.69. The second kappa shape index (κ2) is 5.71. The first-order valence-corrected chi connectivity index (χ1v) is 6.93. The van der Waals surface area contributed by atoms with Crippen molar-refractivity contribution in [1.82, 2.24) is 0 Å². The molecule has 96 valence electrons. The maximum absolute atomic E-state index is 2.33. The number of hydrogen-bond donors (Lipinski definition) is 0. The van der Waals surface area contributed by atoms with Crippen molar-refractivity contribution in [3.63, 3.8) is 0 Å². The maximum Gasteiger partial charge on any atom is -0.0160 e. The predicted molar refractivity (Wildman–Crippen MR) is 77.6 cm³/mol. The van der Waals surface area contributed by atoms with Crippen molar-refractivity contribution in [3.8, 4) is 0 Å². The molecule has 0 aliphatic heterocycles. The minimum atomic E-state index is 0.414. The number of benzene rings is 1. The standard InChI is InChI=1S/C17H28/c1-7-14(12-17(4,5)6)16-10-8-15(9-11-16)13(2)3/h8-11,13-14H,7,12H2,1-6H3. The predicted octanol–water partition coefficient (Wildman–Crippen LogP) is 5.74. The van der Waals surface area contributed by atoms with Crippen LogP contribution in [0.1, 0.15) is 77.3 Å². The van der Waals surface area contributed by atoms with Crippen LogP contribution in [0.15, 0.2) is 24.3 Å². The Morgan fingerprint density at radius 3 is 1.76 bits per heavy atom. The van der Waals surface area contributed by atoms with Crippen molar-refractivity contribution in [3.05, 3.63) is 35.4 Å². The van der Waals surface area contributed by atoms with E-state index in [2.05, 4.69) is 65.8 Å². The molecule has 0 bridgehead atoms. The largest absolute Gasteiger partial charge is 0.0648 e. The summed E-state index contributed by atoms with van der Waals surface area (Å²) >= 11 is 0. The lowest BCUT2D eigenvalue weighted by atomic mass is 9.80. The molecule has 1 rings (SSSR count). The van der Waals surface area contributed by atoms with Crippen LogP contribution in [0, 0.1) is 5.41 Å². The molecule has 0 fully saturated rings. The fourth-order valence-electron chi connectivity index (χ4n) is 2.39. The first kappa shape index (κ1) is 14.3. The van der Waals surface area contributed by atoms with Crippen molar-refractivity contribution in [2.75, 3.05) is 0 Å². The smallest absolute Gasteiger partial charge is 0.0160 e. The molecule has 0 spiro atoms. The highest BCUT2D eigenvalue weighted by atomic mass is 14.2. The molecule has 0 aliphatic carbocycles. The van der Waals surface area contributed by atoms with Gasteiger partial charge in [-0.05, 0) is 41.2 Å². The molecular formula is C17H28. The van der Waals surface area contributed by atoms with Gasteiger partial charge in [0.2, 0.25) is 0 Å². The van der Waals surface area contributed by atoms with Crippen LogP contribution in [-0.2, 0) is 0 Å². The zero-order chi connectivity index (χ0) is 13.1. The topological polar surface area (TPSA) is 0 Å². The van der Waals surface area contributed by atoms with Gasteiger partial charge in [-0.25, -0.2) is 0 Å². The Bertz CT molecular complexity index is 324. The van der Waals surface area contributed by atoms with E-state index in [-0.39, 0.29) is 0 Å². The van der Waals surface area contributed by atoms with Crippen LogP contribution in [0.2, 0.25) is 0 Å². The van der Waals surface area contributed by atoms with Crippen LogP contribution in [-0.4, -0.2) is 0 Å². The summed E-state index contributed by atoms with van der Waals surface area (Å²) in [5, 5.41) is 0. The van der Waals surface area contributed by atoms with Gasteiger partial charge in [0, 0.05) is 0 Å². The van der Waals surface area contributed by atoms with Crippen LogP contribution < -0.4 is 0 Å². The van der Waals surface area contributed by atoms with E-state index < -0.39 is 0 Å². The summed E-state index contributed by atoms with van der Waals surface area (Å²) in [7, 11) is 0. The summed E-state index contributed by atoms with van der Waals surface area (Å²) in [6.07, 6.45) is 2.50. The zero-order valence-corrected chi connectivity index (χ0v) is 12.4. The lowest BCUT2D eigenvalue weighted by Crippen LogP contribution is -2.11. The van der Waals surface area contributed by atoms with Gasteiger partial charge < -0.3 is 0 Å². The molecule has 0 nitrogen and oxygen atoms in total. The van der Waals surface area contributed by atoms with Gasteiger partial charge >= 0.3 is 0 Å². The van der Waals surface area contributed by atoms with Crippen molar-refractivity contribution in [2.45, 2.75) is 66.2 Å². The molecule has 0 aromatic heterocycles. The van der Waals surface area contributed by atoms with Gasteiger partial charge in [-0.2, -0.15) is 0 Å². The van der Waals surface area contributed by atoms with Crippen LogP contribution >= 0.6 is 0 Å². The van der Waals surface area contributed by atoms with Crippen molar-refractivity contribution in [2.24, 2.45) is 5.41 Å². The molecule has 1 aromatic carbocycles. The molecule has 1 atom stereocenters. The highest BCUT2D eigenvalue weighted by Gasteiger charge is 2.18. The minimum absolute atomic E-state index is 0.414. The minimum Gasteiger partial charge on any atom is -0.0648 e. The quantitative estimate of drug-likeness (QED) is 0.621. The van der Waals surface area contributed by atoms with Crippen molar-refractivity contribution < 1.29 is 0 Å². The first-order chi connectivity index (χ1) is 7.83. The maximum atomic E-state index is 2.33. The van der Waals surface area contributed by atoms with E-state index in [1.807, 2.05) is 0 Å². The fourth-order valence-corrected chi connectivity index (χ4v) is 2.39. The SMILES string of the molecule is CCC(CC(C)(C)C)c1ccc(C(C)C)cc1. The molecule has 0 heterocycles. The Labute approximate surface area is 107 Å². The first-order valence-electron chi connectivity index (χ1n) is 6.93. The molecule has 0 radical (unpaired) electrons. The Balaban J connectivity index is 2.82. The molecule has 0 heteroatoms. The van der Waals surface area contributed by atoms with Crippen LogP contribution in [0.4, 0.5) is 0 Å². The van der Waals surface area contributed by atoms with Gasteiger partial charge in [0.15, 0.2) is 0 Å². The molecule has 0 saturated heterocycles. The molecule has 1 unspecified atom stereocenters. The third-order valence-electron chi connectivity index (χ3n) is 3.43. The lowest BCUT2D eigenvalue weighted by molar-refractivity contribution is 0.335. The van der Waals surface area contributed by atoms with E-state index in [0.29, 0.717) is 17.3 Å². The molecular weight excluding hydrogens is 204 g/mol. The van der Waals surface area contributed by atoms with E-state index in [1.165, 1.54) is 24.0 Å². The average Bonchev–Trinajstić information content (AvgIpc) is 2.25. The van der Waals surface area contributed by atoms with Crippen molar-refractivity contribution in [1.29, 1.82) is 0 Å². The van der Waals surface area contributed by atoms with Crippen LogP contribution in [0.25, 0.3) is 0 Å². The van der Waals surface area contributed by atoms with Gasteiger partial charge in [0.05, 0.1) is 0 Å². The van der Waals surface area contributed by atoms with Gasteiger partial charge in [-0.15, -0.1) is 0 Å². The molecule has 17 heavy (non-hydrogen) atoms. The summed E-state index contributed by atoms with van der Waals surface area (Å²) in [6.45, 7) is 13.8. The van der Waals surface area contributed by atoms with E-state index in [4.69, 9.17) is 0 Å². The molecule has 0 aliphatic rings. The highest BCUT2D eigenvalue weighted by molar-refractivity contribution is 5.27. The Morgan fingerprint density at radius 2 is 1.41 bits per heavy atom. The van der Waals surface area contributed by atoms with E-state index in [9.17, 15) is 0 Å². The van der Waals surface area contributed by atoms with Gasteiger partial charge in [-0.3, -0.25) is 0 Å². The second-order valence-electron chi connectivity index (χ2n) is 6.69. The van der Waals surface area contributed by atoms with Gasteiger partial charge in [-0.1, -0.05) is 65.8 Å². The Hall–Kier alpha value is -0.780. The van der Waals surface area contributed by atoms with Gasteiger partial charge in [0.25, 0.3) is 0 Å². The zero-order valence-electron chi connectivity index (χ0n) is 12.4. The summed E-state index contributed by atoms with van der Waals surface area (Å²) in [4.78, 5) is 0. The molecule has 0 saturated carbocycles. The normalized spacial score (nSPS) is 14.1. The Morgan fingerprint density at radius 1 is 0.941 bits per heavy atom. The summed E-state index contributed by atoms with van der Waals surface area (Å²) in [5.41, 5.74) is 3.36. The third kappa shape index (κ3) is 4.53. The summed E-state index contributed by atoms with van der Waals surface area (Å²) in [5.74, 6) is 1.34. The van der Waals surface area contributed by atoms with E-state index in [1.54, 1.807) is 0 Å². The fraction of sp³-hybridized carbons (Fsp3) is 0.647. The Kier molecular flexibility index (Phi) is 4.80. The van der Waals surface area contributed by atoms with E-state index >= 15 is 0 Å². The van der Waals surface area contributed by atoms with Crippen molar-refractivity contribution >= 4 is 0 Å². The van der Waals surface area contributed by atoms with Crippen LogP contribution in [0.3, 0.4) is 0 Å².